The lowest BCUT2D eigenvalue weighted by molar-refractivity contribution is 0.0449. The predicted molar refractivity (Wildman–Crippen MR) is 88.3 cm³/mol. The summed E-state index contributed by atoms with van der Waals surface area (Å²) in [6.07, 6.45) is 2.33. The third kappa shape index (κ3) is 3.14. The van der Waals surface area contributed by atoms with Gasteiger partial charge in [-0.2, -0.15) is 4.68 Å². The minimum absolute atomic E-state index is 0.187. The van der Waals surface area contributed by atoms with Crippen LogP contribution < -0.4 is 0 Å². The fourth-order valence-corrected chi connectivity index (χ4v) is 3.63. The van der Waals surface area contributed by atoms with Crippen molar-refractivity contribution in [2.75, 3.05) is 13.2 Å². The highest BCUT2D eigenvalue weighted by Crippen LogP contribution is 2.25. The molecule has 0 amide bonds. The number of rotatable bonds is 4. The van der Waals surface area contributed by atoms with Gasteiger partial charge in [0, 0.05) is 6.04 Å². The molecule has 124 valence electrons. The lowest BCUT2D eigenvalue weighted by atomic mass is 9.91. The number of aliphatic hydroxyl groups is 1. The Hall–Kier alpha value is -1.79. The molecule has 23 heavy (non-hydrogen) atoms. The fraction of sp³-hybridized carbons (Fsp3) is 0.588. The molecule has 2 unspecified atom stereocenters. The van der Waals surface area contributed by atoms with E-state index < -0.39 is 0 Å². The molecule has 1 aromatic carbocycles. The van der Waals surface area contributed by atoms with E-state index in [-0.39, 0.29) is 12.6 Å². The van der Waals surface area contributed by atoms with Crippen LogP contribution in [0.25, 0.3) is 5.69 Å². The summed E-state index contributed by atoms with van der Waals surface area (Å²) < 4.78 is 1.85. The number of nitrogens with zero attached hydrogens (tertiary/aromatic N) is 5. The number of piperidine rings is 1. The van der Waals surface area contributed by atoms with Crippen LogP contribution in [0, 0.1) is 19.8 Å². The van der Waals surface area contributed by atoms with E-state index in [1.54, 1.807) is 0 Å². The molecule has 0 bridgehead atoms. The van der Waals surface area contributed by atoms with Crippen LogP contribution in [0.4, 0.5) is 0 Å². The van der Waals surface area contributed by atoms with Gasteiger partial charge >= 0.3 is 0 Å². The molecule has 1 N–H and O–H groups in total. The SMILES string of the molecule is Cc1cccc(C)c1-n1nnnc1CN1CCCC(C)C1CO. The van der Waals surface area contributed by atoms with Crippen LogP contribution in [0.2, 0.25) is 0 Å². The second-order valence-electron chi connectivity index (χ2n) is 6.59. The number of likely N-dealkylation sites (tertiary alicyclic amines) is 1. The zero-order valence-corrected chi connectivity index (χ0v) is 14.1. The summed E-state index contributed by atoms with van der Waals surface area (Å²) >= 11 is 0. The number of hydrogen-bond acceptors (Lipinski definition) is 5. The van der Waals surface area contributed by atoms with Gasteiger partial charge in [-0.3, -0.25) is 4.90 Å². The van der Waals surface area contributed by atoms with E-state index >= 15 is 0 Å². The summed E-state index contributed by atoms with van der Waals surface area (Å²) in [5.41, 5.74) is 3.37. The molecule has 0 saturated carbocycles. The van der Waals surface area contributed by atoms with E-state index in [9.17, 15) is 5.11 Å². The molecule has 1 aliphatic rings. The van der Waals surface area contributed by atoms with Gasteiger partial charge in [-0.1, -0.05) is 25.1 Å². The lowest BCUT2D eigenvalue weighted by Crippen LogP contribution is -2.46. The third-order valence-corrected chi connectivity index (χ3v) is 4.95. The molecular weight excluding hydrogens is 290 g/mol. The minimum Gasteiger partial charge on any atom is -0.395 e. The highest BCUT2D eigenvalue weighted by Gasteiger charge is 2.29. The Bertz CT molecular complexity index is 649. The molecule has 0 aliphatic carbocycles. The van der Waals surface area contributed by atoms with Crippen molar-refractivity contribution < 1.29 is 5.11 Å². The normalized spacial score (nSPS) is 22.4. The number of para-hydroxylation sites is 1. The summed E-state index contributed by atoms with van der Waals surface area (Å²) in [5, 5.41) is 22.1. The molecule has 2 heterocycles. The van der Waals surface area contributed by atoms with Gasteiger partial charge in [0.15, 0.2) is 5.82 Å². The van der Waals surface area contributed by atoms with E-state index in [1.165, 1.54) is 6.42 Å². The van der Waals surface area contributed by atoms with Crippen LogP contribution in [0.1, 0.15) is 36.7 Å². The Morgan fingerprint density at radius 2 is 2.00 bits per heavy atom. The molecule has 1 aliphatic heterocycles. The van der Waals surface area contributed by atoms with Crippen molar-refractivity contribution in [1.29, 1.82) is 0 Å². The van der Waals surface area contributed by atoms with Gasteiger partial charge in [0.05, 0.1) is 18.8 Å². The molecule has 0 radical (unpaired) electrons. The van der Waals surface area contributed by atoms with Crippen LogP contribution >= 0.6 is 0 Å². The topological polar surface area (TPSA) is 67.1 Å². The minimum atomic E-state index is 0.187. The molecule has 1 saturated heterocycles. The quantitative estimate of drug-likeness (QED) is 0.933. The van der Waals surface area contributed by atoms with Gasteiger partial charge in [-0.05, 0) is 60.7 Å². The number of aryl methyl sites for hydroxylation is 2. The highest BCUT2D eigenvalue weighted by molar-refractivity contribution is 5.46. The Kier molecular flexibility index (Phi) is 4.73. The Balaban J connectivity index is 1.90. The predicted octanol–water partition coefficient (Wildman–Crippen LogP) is 1.87. The van der Waals surface area contributed by atoms with Gasteiger partial charge < -0.3 is 5.11 Å². The molecule has 6 heteroatoms. The fourth-order valence-electron chi connectivity index (χ4n) is 3.63. The summed E-state index contributed by atoms with van der Waals surface area (Å²) in [4.78, 5) is 2.31. The van der Waals surface area contributed by atoms with Gasteiger partial charge in [0.1, 0.15) is 0 Å². The van der Waals surface area contributed by atoms with Crippen molar-refractivity contribution in [2.24, 2.45) is 5.92 Å². The second-order valence-corrected chi connectivity index (χ2v) is 6.59. The summed E-state index contributed by atoms with van der Waals surface area (Å²) in [6, 6.07) is 6.39. The lowest BCUT2D eigenvalue weighted by Gasteiger charge is -2.38. The Morgan fingerprint density at radius 1 is 1.26 bits per heavy atom. The Labute approximate surface area is 137 Å². The van der Waals surface area contributed by atoms with Crippen LogP contribution in [0.3, 0.4) is 0 Å². The average Bonchev–Trinajstić information content (AvgIpc) is 2.95. The van der Waals surface area contributed by atoms with E-state index in [0.29, 0.717) is 12.5 Å². The van der Waals surface area contributed by atoms with Crippen molar-refractivity contribution in [1.82, 2.24) is 25.1 Å². The van der Waals surface area contributed by atoms with E-state index in [2.05, 4.69) is 53.3 Å². The van der Waals surface area contributed by atoms with Gasteiger partial charge in [-0.25, -0.2) is 0 Å². The molecule has 6 nitrogen and oxygen atoms in total. The van der Waals surface area contributed by atoms with E-state index in [1.807, 2.05) is 10.7 Å². The number of aliphatic hydroxyl groups excluding tert-OH is 1. The van der Waals surface area contributed by atoms with Gasteiger partial charge in [-0.15, -0.1) is 5.10 Å². The Morgan fingerprint density at radius 3 is 2.70 bits per heavy atom. The molecular formula is C17H25N5O. The molecule has 2 aromatic rings. The van der Waals surface area contributed by atoms with Crippen molar-refractivity contribution in [2.45, 2.75) is 46.2 Å². The smallest absolute Gasteiger partial charge is 0.170 e. The number of benzene rings is 1. The number of aromatic nitrogens is 4. The third-order valence-electron chi connectivity index (χ3n) is 4.95. The van der Waals surface area contributed by atoms with Gasteiger partial charge in [0.25, 0.3) is 0 Å². The van der Waals surface area contributed by atoms with Gasteiger partial charge in [0.2, 0.25) is 0 Å². The first-order chi connectivity index (χ1) is 11.1. The maximum atomic E-state index is 9.73. The largest absolute Gasteiger partial charge is 0.395 e. The van der Waals surface area contributed by atoms with E-state index in [0.717, 1.165) is 35.6 Å². The molecule has 3 rings (SSSR count). The monoisotopic (exact) mass is 315 g/mol. The summed E-state index contributed by atoms with van der Waals surface area (Å²) in [5.74, 6) is 1.33. The van der Waals surface area contributed by atoms with Crippen molar-refractivity contribution in [3.05, 3.63) is 35.2 Å². The molecule has 1 fully saturated rings. The summed E-state index contributed by atoms with van der Waals surface area (Å²) in [6.45, 7) is 8.19. The summed E-state index contributed by atoms with van der Waals surface area (Å²) in [7, 11) is 0. The first kappa shape index (κ1) is 16.1. The highest BCUT2D eigenvalue weighted by atomic mass is 16.3. The van der Waals surface area contributed by atoms with E-state index in [4.69, 9.17) is 0 Å². The zero-order valence-electron chi connectivity index (χ0n) is 14.1. The maximum absolute atomic E-state index is 9.73. The van der Waals surface area contributed by atoms with Crippen LogP contribution in [0.5, 0.6) is 0 Å². The van der Waals surface area contributed by atoms with Crippen molar-refractivity contribution in [3.8, 4) is 5.69 Å². The number of hydrogen-bond donors (Lipinski definition) is 1. The average molecular weight is 315 g/mol. The second kappa shape index (κ2) is 6.76. The van der Waals surface area contributed by atoms with Crippen LogP contribution in [-0.2, 0) is 6.54 Å². The molecule has 0 spiro atoms. The number of tetrazole rings is 1. The molecule has 2 atom stereocenters. The van der Waals surface area contributed by atoms with Crippen LogP contribution in [0.15, 0.2) is 18.2 Å². The standard InChI is InChI=1S/C17H25N5O/c1-12-8-5-9-21(15(12)11-23)10-16-18-19-20-22(16)17-13(2)6-4-7-14(17)3/h4,6-7,12,15,23H,5,8-11H2,1-3H3. The van der Waals surface area contributed by atoms with Crippen LogP contribution in [-0.4, -0.2) is 49.4 Å². The molecule has 1 aromatic heterocycles. The zero-order chi connectivity index (χ0) is 16.4. The van der Waals surface area contributed by atoms with Crippen molar-refractivity contribution in [3.63, 3.8) is 0 Å². The maximum Gasteiger partial charge on any atom is 0.170 e. The first-order valence-electron chi connectivity index (χ1n) is 8.30. The van der Waals surface area contributed by atoms with Crippen molar-refractivity contribution >= 4 is 0 Å². The first-order valence-corrected chi connectivity index (χ1v) is 8.30.